The summed E-state index contributed by atoms with van der Waals surface area (Å²) in [6, 6.07) is 11.3. The number of carbonyl (C=O) groups excluding carboxylic acids is 1. The Hall–Kier alpha value is -2.44. The lowest BCUT2D eigenvalue weighted by Crippen LogP contribution is -2.53. The third kappa shape index (κ3) is 4.43. The minimum atomic E-state index is -0.217. The summed E-state index contributed by atoms with van der Waals surface area (Å²) in [6.07, 6.45) is 0. The number of rotatable bonds is 4. The zero-order valence-corrected chi connectivity index (χ0v) is 17.5. The zero-order valence-electron chi connectivity index (χ0n) is 16.8. The van der Waals surface area contributed by atoms with Crippen LogP contribution in [0.3, 0.4) is 0 Å². The molecule has 1 saturated heterocycles. The Morgan fingerprint density at radius 2 is 1.76 bits per heavy atom. The van der Waals surface area contributed by atoms with Gasteiger partial charge in [-0.3, -0.25) is 9.69 Å². The minimum absolute atomic E-state index is 0.0194. The second-order valence-corrected chi connectivity index (χ2v) is 7.91. The topological polar surface area (TPSA) is 54.0 Å². The highest BCUT2D eigenvalue weighted by Crippen LogP contribution is 2.32. The number of anilines is 2. The van der Waals surface area contributed by atoms with Gasteiger partial charge >= 0.3 is 0 Å². The maximum Gasteiger partial charge on any atom is 0.241 e. The SMILES string of the molecule is Cc1ccc(Cl)cc1N1CCN(C(C)C(=O)Nc2ccc3c(c2)OCCO3)CC1. The normalized spacial score (nSPS) is 17.7. The van der Waals surface area contributed by atoms with Crippen molar-refractivity contribution in [1.82, 2.24) is 4.90 Å². The van der Waals surface area contributed by atoms with Crippen LogP contribution in [0.15, 0.2) is 36.4 Å². The number of ether oxygens (including phenoxy) is 2. The number of amides is 1. The molecule has 0 aromatic heterocycles. The van der Waals surface area contributed by atoms with E-state index >= 15 is 0 Å². The summed E-state index contributed by atoms with van der Waals surface area (Å²) in [4.78, 5) is 17.3. The third-order valence-electron chi connectivity index (χ3n) is 5.56. The first-order valence-electron chi connectivity index (χ1n) is 9.97. The molecule has 1 N–H and O–H groups in total. The highest BCUT2D eigenvalue weighted by Gasteiger charge is 2.26. The number of nitrogens with one attached hydrogen (secondary N) is 1. The highest BCUT2D eigenvalue weighted by molar-refractivity contribution is 6.30. The van der Waals surface area contributed by atoms with Crippen LogP contribution >= 0.6 is 11.6 Å². The molecule has 7 heteroatoms. The molecule has 2 aliphatic rings. The fraction of sp³-hybridized carbons (Fsp3) is 0.409. The Kier molecular flexibility index (Phi) is 5.83. The van der Waals surface area contributed by atoms with Crippen LogP contribution in [-0.2, 0) is 4.79 Å². The van der Waals surface area contributed by atoms with E-state index in [1.54, 1.807) is 0 Å². The van der Waals surface area contributed by atoms with Crippen molar-refractivity contribution in [2.24, 2.45) is 0 Å². The summed E-state index contributed by atoms with van der Waals surface area (Å²) < 4.78 is 11.1. The summed E-state index contributed by atoms with van der Waals surface area (Å²) in [5.41, 5.74) is 3.11. The first-order chi connectivity index (χ1) is 14.0. The van der Waals surface area contributed by atoms with E-state index < -0.39 is 0 Å². The summed E-state index contributed by atoms with van der Waals surface area (Å²) >= 11 is 6.17. The number of fused-ring (bicyclic) bond motifs is 1. The predicted molar refractivity (Wildman–Crippen MR) is 115 cm³/mol. The number of hydrogen-bond donors (Lipinski definition) is 1. The van der Waals surface area contributed by atoms with Crippen LogP contribution in [0.4, 0.5) is 11.4 Å². The molecule has 154 valence electrons. The molecule has 2 aromatic rings. The van der Waals surface area contributed by atoms with Gasteiger partial charge in [0, 0.05) is 48.6 Å². The van der Waals surface area contributed by atoms with E-state index in [-0.39, 0.29) is 11.9 Å². The molecule has 2 aliphatic heterocycles. The first-order valence-corrected chi connectivity index (χ1v) is 10.3. The average molecular weight is 416 g/mol. The van der Waals surface area contributed by atoms with Crippen molar-refractivity contribution < 1.29 is 14.3 Å². The molecule has 0 spiro atoms. The number of carbonyl (C=O) groups is 1. The molecule has 4 rings (SSSR count). The van der Waals surface area contributed by atoms with E-state index in [9.17, 15) is 4.79 Å². The molecule has 0 aliphatic carbocycles. The monoisotopic (exact) mass is 415 g/mol. The molecule has 29 heavy (non-hydrogen) atoms. The minimum Gasteiger partial charge on any atom is -0.486 e. The Balaban J connectivity index is 1.35. The van der Waals surface area contributed by atoms with Gasteiger partial charge in [0.05, 0.1) is 6.04 Å². The van der Waals surface area contributed by atoms with Gasteiger partial charge in [0.1, 0.15) is 13.2 Å². The van der Waals surface area contributed by atoms with Crippen molar-refractivity contribution in [2.45, 2.75) is 19.9 Å². The van der Waals surface area contributed by atoms with Gasteiger partial charge in [-0.25, -0.2) is 0 Å². The van der Waals surface area contributed by atoms with E-state index in [1.165, 1.54) is 11.3 Å². The van der Waals surface area contributed by atoms with Crippen molar-refractivity contribution in [3.8, 4) is 11.5 Å². The molecular formula is C22H26ClN3O3. The fourth-order valence-corrected chi connectivity index (χ4v) is 3.97. The second-order valence-electron chi connectivity index (χ2n) is 7.48. The lowest BCUT2D eigenvalue weighted by Gasteiger charge is -2.39. The maximum atomic E-state index is 12.8. The van der Waals surface area contributed by atoms with Gasteiger partial charge in [-0.2, -0.15) is 0 Å². The summed E-state index contributed by atoms with van der Waals surface area (Å²) in [6.45, 7) is 8.50. The van der Waals surface area contributed by atoms with Gasteiger partial charge in [0.2, 0.25) is 5.91 Å². The van der Waals surface area contributed by atoms with Crippen molar-refractivity contribution in [2.75, 3.05) is 49.6 Å². The Morgan fingerprint density at radius 1 is 1.03 bits per heavy atom. The average Bonchev–Trinajstić information content (AvgIpc) is 2.75. The van der Waals surface area contributed by atoms with Crippen molar-refractivity contribution >= 4 is 28.9 Å². The van der Waals surface area contributed by atoms with Crippen LogP contribution in [0.25, 0.3) is 0 Å². The van der Waals surface area contributed by atoms with Gasteiger partial charge in [0.15, 0.2) is 11.5 Å². The largest absolute Gasteiger partial charge is 0.486 e. The maximum absolute atomic E-state index is 12.8. The van der Waals surface area contributed by atoms with Crippen molar-refractivity contribution in [1.29, 1.82) is 0 Å². The van der Waals surface area contributed by atoms with Gasteiger partial charge in [-0.15, -0.1) is 0 Å². The molecule has 0 saturated carbocycles. The standard InChI is InChI=1S/C22H26ClN3O3/c1-15-3-4-17(23)13-19(15)26-9-7-25(8-10-26)16(2)22(27)24-18-5-6-20-21(14-18)29-12-11-28-20/h3-6,13-14,16H,7-12H2,1-2H3,(H,24,27). The van der Waals surface area contributed by atoms with E-state index in [4.69, 9.17) is 21.1 Å². The van der Waals surface area contributed by atoms with Crippen molar-refractivity contribution in [3.63, 3.8) is 0 Å². The molecule has 6 nitrogen and oxygen atoms in total. The second kappa shape index (κ2) is 8.51. The van der Waals surface area contributed by atoms with Gasteiger partial charge in [-0.1, -0.05) is 17.7 Å². The van der Waals surface area contributed by atoms with Crippen molar-refractivity contribution in [3.05, 3.63) is 47.0 Å². The fourth-order valence-electron chi connectivity index (χ4n) is 3.81. The first kappa shape index (κ1) is 19.9. The molecule has 1 amide bonds. The summed E-state index contributed by atoms with van der Waals surface area (Å²) in [5, 5.41) is 3.75. The summed E-state index contributed by atoms with van der Waals surface area (Å²) in [7, 11) is 0. The van der Waals surface area contributed by atoms with Crippen LogP contribution in [0.2, 0.25) is 5.02 Å². The number of benzene rings is 2. The third-order valence-corrected chi connectivity index (χ3v) is 5.80. The van der Waals surface area contributed by atoms with Crippen LogP contribution < -0.4 is 19.7 Å². The van der Waals surface area contributed by atoms with E-state index in [1.807, 2.05) is 43.3 Å². The molecule has 1 unspecified atom stereocenters. The summed E-state index contributed by atoms with van der Waals surface area (Å²) in [5.74, 6) is 1.37. The molecule has 2 aromatic carbocycles. The van der Waals surface area contributed by atoms with Crippen LogP contribution in [-0.4, -0.2) is 56.2 Å². The lowest BCUT2D eigenvalue weighted by molar-refractivity contribution is -0.120. The molecule has 1 atom stereocenters. The van der Waals surface area contributed by atoms with Gasteiger partial charge in [-0.05, 0) is 43.7 Å². The molecular weight excluding hydrogens is 390 g/mol. The van der Waals surface area contributed by atoms with Crippen LogP contribution in [0.5, 0.6) is 11.5 Å². The van der Waals surface area contributed by atoms with Crippen LogP contribution in [0.1, 0.15) is 12.5 Å². The molecule has 2 heterocycles. The Morgan fingerprint density at radius 3 is 2.52 bits per heavy atom. The number of halogens is 1. The van der Waals surface area contributed by atoms with E-state index in [0.717, 1.165) is 42.6 Å². The van der Waals surface area contributed by atoms with Gasteiger partial charge < -0.3 is 19.7 Å². The molecule has 0 bridgehead atoms. The Labute approximate surface area is 176 Å². The number of nitrogens with zero attached hydrogens (tertiary/aromatic N) is 2. The number of hydrogen-bond acceptors (Lipinski definition) is 5. The molecule has 1 fully saturated rings. The molecule has 0 radical (unpaired) electrons. The quantitative estimate of drug-likeness (QED) is 0.827. The smallest absolute Gasteiger partial charge is 0.241 e. The van der Waals surface area contributed by atoms with Crippen LogP contribution in [0, 0.1) is 6.92 Å². The highest BCUT2D eigenvalue weighted by atomic mass is 35.5. The van der Waals surface area contributed by atoms with Gasteiger partial charge in [0.25, 0.3) is 0 Å². The Bertz CT molecular complexity index is 897. The lowest BCUT2D eigenvalue weighted by atomic mass is 10.1. The zero-order chi connectivity index (χ0) is 20.4. The van der Waals surface area contributed by atoms with E-state index in [2.05, 4.69) is 22.0 Å². The number of aryl methyl sites for hydroxylation is 1. The number of piperazine rings is 1. The predicted octanol–water partition coefficient (Wildman–Crippen LogP) is 3.57. The van der Waals surface area contributed by atoms with E-state index in [0.29, 0.717) is 19.0 Å².